The minimum absolute atomic E-state index is 0.0751. The van der Waals surface area contributed by atoms with E-state index in [9.17, 15) is 14.0 Å². The maximum atomic E-state index is 13.7. The van der Waals surface area contributed by atoms with Crippen LogP contribution in [0.5, 0.6) is 0 Å². The van der Waals surface area contributed by atoms with Crippen molar-refractivity contribution in [1.29, 1.82) is 0 Å². The third kappa shape index (κ3) is 4.35. The minimum Gasteiger partial charge on any atom is -0.351 e. The summed E-state index contributed by atoms with van der Waals surface area (Å²) < 4.78 is 15.6. The van der Waals surface area contributed by atoms with E-state index in [1.54, 1.807) is 18.2 Å². The number of nitrogens with one attached hydrogen (secondary N) is 2. The van der Waals surface area contributed by atoms with Crippen LogP contribution in [0, 0.1) is 5.82 Å². The van der Waals surface area contributed by atoms with Crippen LogP contribution in [0.25, 0.3) is 0 Å². The van der Waals surface area contributed by atoms with Gasteiger partial charge in [0.1, 0.15) is 11.5 Å². The van der Waals surface area contributed by atoms with Gasteiger partial charge in [-0.1, -0.05) is 31.5 Å². The van der Waals surface area contributed by atoms with Crippen LogP contribution in [-0.4, -0.2) is 27.9 Å². The third-order valence-corrected chi connectivity index (χ3v) is 4.75. The second kappa shape index (κ2) is 8.79. The molecule has 0 bridgehead atoms. The summed E-state index contributed by atoms with van der Waals surface area (Å²) in [5.41, 5.74) is 1.56. The van der Waals surface area contributed by atoms with Crippen LogP contribution < -0.4 is 10.6 Å². The molecule has 7 heteroatoms. The number of aromatic nitrogens is 2. The molecule has 0 unspecified atom stereocenters. The first-order valence-corrected chi connectivity index (χ1v) is 9.51. The zero-order valence-electron chi connectivity index (χ0n) is 15.6. The summed E-state index contributed by atoms with van der Waals surface area (Å²) in [5, 5.41) is 5.59. The highest BCUT2D eigenvalue weighted by Crippen LogP contribution is 2.21. The summed E-state index contributed by atoms with van der Waals surface area (Å²) in [7, 11) is 0. The number of hydrogen-bond donors (Lipinski definition) is 2. The largest absolute Gasteiger partial charge is 0.351 e. The highest BCUT2D eigenvalue weighted by Gasteiger charge is 2.27. The standard InChI is InChI=1S/C20H25FN4O2/c1-2-3-11-22-19(26)17-16-10-6-7-12-25(16)18(24-17)20(27)23-13-14-8-4-5-9-15(14)21/h4-5,8-9H,2-3,6-7,10-13H2,1H3,(H,22,26)(H,23,27). The Hall–Kier alpha value is -2.70. The zero-order chi connectivity index (χ0) is 19.2. The lowest BCUT2D eigenvalue weighted by molar-refractivity contribution is 0.0934. The van der Waals surface area contributed by atoms with Crippen LogP contribution in [0.3, 0.4) is 0 Å². The second-order valence-electron chi connectivity index (χ2n) is 6.72. The molecule has 27 heavy (non-hydrogen) atoms. The Labute approximate surface area is 158 Å². The van der Waals surface area contributed by atoms with Crippen molar-refractivity contribution in [3.63, 3.8) is 0 Å². The number of halogens is 1. The van der Waals surface area contributed by atoms with E-state index < -0.39 is 5.91 Å². The molecule has 2 amide bonds. The number of carbonyl (C=O) groups is 2. The van der Waals surface area contributed by atoms with Gasteiger partial charge in [0, 0.05) is 25.2 Å². The molecular formula is C20H25FN4O2. The smallest absolute Gasteiger partial charge is 0.287 e. The molecule has 1 aliphatic heterocycles. The summed E-state index contributed by atoms with van der Waals surface area (Å²) in [4.78, 5) is 29.5. The molecular weight excluding hydrogens is 347 g/mol. The summed E-state index contributed by atoms with van der Waals surface area (Å²) >= 11 is 0. The number of hydrogen-bond acceptors (Lipinski definition) is 3. The van der Waals surface area contributed by atoms with E-state index in [4.69, 9.17) is 0 Å². The number of benzene rings is 1. The van der Waals surface area contributed by atoms with Crippen molar-refractivity contribution < 1.29 is 14.0 Å². The van der Waals surface area contributed by atoms with E-state index in [0.717, 1.165) is 37.8 Å². The molecule has 1 aromatic heterocycles. The maximum Gasteiger partial charge on any atom is 0.287 e. The summed E-state index contributed by atoms with van der Waals surface area (Å²) in [6.45, 7) is 3.39. The molecule has 0 saturated carbocycles. The van der Waals surface area contributed by atoms with Crippen molar-refractivity contribution in [3.05, 3.63) is 52.9 Å². The predicted octanol–water partition coefficient (Wildman–Crippen LogP) is 2.82. The Bertz CT molecular complexity index is 831. The van der Waals surface area contributed by atoms with Crippen LogP contribution in [0.1, 0.15) is 65.0 Å². The van der Waals surface area contributed by atoms with E-state index in [1.807, 2.05) is 4.57 Å². The third-order valence-electron chi connectivity index (χ3n) is 4.75. The number of fused-ring (bicyclic) bond motifs is 1. The Balaban J connectivity index is 1.77. The molecule has 2 N–H and O–H groups in total. The van der Waals surface area contributed by atoms with Crippen LogP contribution in [-0.2, 0) is 19.5 Å². The first-order chi connectivity index (χ1) is 13.1. The predicted molar refractivity (Wildman–Crippen MR) is 100.0 cm³/mol. The molecule has 1 aromatic carbocycles. The second-order valence-corrected chi connectivity index (χ2v) is 6.72. The van der Waals surface area contributed by atoms with Gasteiger partial charge in [0.15, 0.2) is 5.82 Å². The van der Waals surface area contributed by atoms with Gasteiger partial charge < -0.3 is 15.2 Å². The molecule has 6 nitrogen and oxygen atoms in total. The molecule has 0 saturated heterocycles. The lowest BCUT2D eigenvalue weighted by Gasteiger charge is -2.17. The van der Waals surface area contributed by atoms with E-state index in [2.05, 4.69) is 22.5 Å². The highest BCUT2D eigenvalue weighted by atomic mass is 19.1. The topological polar surface area (TPSA) is 76.0 Å². The van der Waals surface area contributed by atoms with Gasteiger partial charge in [0.2, 0.25) is 0 Å². The van der Waals surface area contributed by atoms with Crippen LogP contribution in [0.2, 0.25) is 0 Å². The molecule has 0 aliphatic carbocycles. The van der Waals surface area contributed by atoms with Gasteiger partial charge in [-0.25, -0.2) is 9.37 Å². The first kappa shape index (κ1) is 19.1. The lowest BCUT2D eigenvalue weighted by Crippen LogP contribution is -2.28. The number of nitrogens with zero attached hydrogens (tertiary/aromatic N) is 2. The van der Waals surface area contributed by atoms with Gasteiger partial charge in [0.05, 0.1) is 5.69 Å². The van der Waals surface area contributed by atoms with Crippen LogP contribution >= 0.6 is 0 Å². The van der Waals surface area contributed by atoms with Gasteiger partial charge in [-0.3, -0.25) is 9.59 Å². The fraction of sp³-hybridized carbons (Fsp3) is 0.450. The van der Waals surface area contributed by atoms with Crippen molar-refractivity contribution in [2.75, 3.05) is 6.54 Å². The zero-order valence-corrected chi connectivity index (χ0v) is 15.6. The first-order valence-electron chi connectivity index (χ1n) is 9.51. The number of rotatable bonds is 7. The van der Waals surface area contributed by atoms with Gasteiger partial charge in [-0.05, 0) is 31.7 Å². The number of imidazole rings is 1. The van der Waals surface area contributed by atoms with Gasteiger partial charge in [0.25, 0.3) is 11.8 Å². The van der Waals surface area contributed by atoms with Crippen molar-refractivity contribution in [3.8, 4) is 0 Å². The molecule has 0 atom stereocenters. The normalized spacial score (nSPS) is 13.1. The molecule has 3 rings (SSSR count). The Kier molecular flexibility index (Phi) is 6.21. The monoisotopic (exact) mass is 372 g/mol. The molecule has 0 fully saturated rings. The number of unbranched alkanes of at least 4 members (excludes halogenated alkanes) is 1. The molecule has 2 heterocycles. The SMILES string of the molecule is CCCCNC(=O)c1nc(C(=O)NCc2ccccc2F)n2c1CCCC2. The van der Waals surface area contributed by atoms with E-state index in [-0.39, 0.29) is 24.1 Å². The Morgan fingerprint density at radius 3 is 2.78 bits per heavy atom. The van der Waals surface area contributed by atoms with Crippen LogP contribution in [0.4, 0.5) is 4.39 Å². The summed E-state index contributed by atoms with van der Waals surface area (Å²) in [5.74, 6) is -0.767. The van der Waals surface area contributed by atoms with Gasteiger partial charge in [-0.2, -0.15) is 0 Å². The van der Waals surface area contributed by atoms with E-state index >= 15 is 0 Å². The fourth-order valence-electron chi connectivity index (χ4n) is 3.26. The Morgan fingerprint density at radius 1 is 1.19 bits per heavy atom. The fourth-order valence-corrected chi connectivity index (χ4v) is 3.26. The van der Waals surface area contributed by atoms with Crippen molar-refractivity contribution in [1.82, 2.24) is 20.2 Å². The number of amides is 2. The van der Waals surface area contributed by atoms with Crippen LogP contribution in [0.15, 0.2) is 24.3 Å². The quantitative estimate of drug-likeness (QED) is 0.734. The molecule has 0 spiro atoms. The minimum atomic E-state index is -0.394. The molecule has 0 radical (unpaired) electrons. The average Bonchev–Trinajstić information content (AvgIpc) is 3.07. The van der Waals surface area contributed by atoms with Gasteiger partial charge in [-0.15, -0.1) is 0 Å². The maximum absolute atomic E-state index is 13.7. The van der Waals surface area contributed by atoms with Gasteiger partial charge >= 0.3 is 0 Å². The molecule has 1 aliphatic rings. The molecule has 144 valence electrons. The van der Waals surface area contributed by atoms with Crippen molar-refractivity contribution in [2.24, 2.45) is 0 Å². The lowest BCUT2D eigenvalue weighted by atomic mass is 10.1. The molecule has 2 aromatic rings. The number of carbonyl (C=O) groups excluding carboxylic acids is 2. The van der Waals surface area contributed by atoms with E-state index in [0.29, 0.717) is 24.3 Å². The summed E-state index contributed by atoms with van der Waals surface area (Å²) in [6.07, 6.45) is 4.53. The summed E-state index contributed by atoms with van der Waals surface area (Å²) in [6, 6.07) is 6.32. The van der Waals surface area contributed by atoms with E-state index in [1.165, 1.54) is 6.07 Å². The highest BCUT2D eigenvalue weighted by molar-refractivity contribution is 5.97. The van der Waals surface area contributed by atoms with Crippen molar-refractivity contribution in [2.45, 2.75) is 52.1 Å². The average molecular weight is 372 g/mol. The van der Waals surface area contributed by atoms with Crippen molar-refractivity contribution >= 4 is 11.8 Å². The Morgan fingerprint density at radius 2 is 2.00 bits per heavy atom.